The molecular weight excluding hydrogens is 178 g/mol. The zero-order valence-electron chi connectivity index (χ0n) is 8.33. The molecule has 2 unspecified atom stereocenters. The summed E-state index contributed by atoms with van der Waals surface area (Å²) in [6.45, 7) is 0.650. The van der Waals surface area contributed by atoms with Gasteiger partial charge in [-0.05, 0) is 25.2 Å². The van der Waals surface area contributed by atoms with E-state index in [4.69, 9.17) is 6.42 Å². The Bertz CT molecular complexity index is 232. The first-order chi connectivity index (χ1) is 6.72. The molecule has 0 heterocycles. The molecule has 0 bridgehead atoms. The van der Waals surface area contributed by atoms with Crippen LogP contribution in [0.2, 0.25) is 0 Å². The second-order valence-electron chi connectivity index (χ2n) is 3.87. The predicted octanol–water partition coefficient (Wildman–Crippen LogP) is 0.677. The van der Waals surface area contributed by atoms with Crippen molar-refractivity contribution in [2.45, 2.75) is 38.2 Å². The summed E-state index contributed by atoms with van der Waals surface area (Å²) in [4.78, 5) is 11.1. The van der Waals surface area contributed by atoms with Gasteiger partial charge in [0.1, 0.15) is 0 Å². The van der Waals surface area contributed by atoms with E-state index in [9.17, 15) is 9.90 Å². The minimum Gasteiger partial charge on any atom is -0.393 e. The number of aliphatic hydroxyl groups excluding tert-OH is 1. The first-order valence-electron chi connectivity index (χ1n) is 5.10. The number of rotatable bonds is 3. The van der Waals surface area contributed by atoms with Crippen LogP contribution in [0.1, 0.15) is 32.1 Å². The van der Waals surface area contributed by atoms with Crippen LogP contribution in [0.3, 0.4) is 0 Å². The molecule has 1 amide bonds. The number of hydrogen-bond acceptors (Lipinski definition) is 2. The van der Waals surface area contributed by atoms with Crippen molar-refractivity contribution in [3.05, 3.63) is 0 Å². The van der Waals surface area contributed by atoms with Crippen LogP contribution in [-0.4, -0.2) is 23.7 Å². The summed E-state index contributed by atoms with van der Waals surface area (Å²) in [7, 11) is 0. The second kappa shape index (κ2) is 5.66. The monoisotopic (exact) mass is 195 g/mol. The average molecular weight is 195 g/mol. The molecule has 0 spiro atoms. The number of carbonyl (C=O) groups is 1. The van der Waals surface area contributed by atoms with Crippen LogP contribution < -0.4 is 5.32 Å². The third-order valence-corrected chi connectivity index (χ3v) is 2.61. The molecule has 1 saturated carbocycles. The highest BCUT2D eigenvalue weighted by Crippen LogP contribution is 2.23. The van der Waals surface area contributed by atoms with Gasteiger partial charge < -0.3 is 10.4 Å². The molecule has 1 aliphatic rings. The van der Waals surface area contributed by atoms with Crippen molar-refractivity contribution in [1.82, 2.24) is 5.32 Å². The fourth-order valence-electron chi connectivity index (χ4n) is 1.86. The molecule has 2 N–H and O–H groups in total. The van der Waals surface area contributed by atoms with Gasteiger partial charge in [-0.15, -0.1) is 6.42 Å². The predicted molar refractivity (Wildman–Crippen MR) is 54.4 cm³/mol. The zero-order valence-corrected chi connectivity index (χ0v) is 8.33. The van der Waals surface area contributed by atoms with Gasteiger partial charge >= 0.3 is 0 Å². The molecule has 0 aromatic carbocycles. The van der Waals surface area contributed by atoms with Crippen molar-refractivity contribution in [3.63, 3.8) is 0 Å². The van der Waals surface area contributed by atoms with Crippen molar-refractivity contribution < 1.29 is 9.90 Å². The Kier molecular flexibility index (Phi) is 4.48. The maximum atomic E-state index is 11.1. The Labute approximate surface area is 84.9 Å². The van der Waals surface area contributed by atoms with Gasteiger partial charge in [0, 0.05) is 6.54 Å². The first-order valence-corrected chi connectivity index (χ1v) is 5.10. The molecule has 0 radical (unpaired) electrons. The number of nitrogens with one attached hydrogen (secondary N) is 1. The van der Waals surface area contributed by atoms with Crippen molar-refractivity contribution in [2.75, 3.05) is 6.54 Å². The first kappa shape index (κ1) is 11.1. The topological polar surface area (TPSA) is 49.3 Å². The van der Waals surface area contributed by atoms with Gasteiger partial charge in [-0.1, -0.05) is 12.3 Å². The summed E-state index contributed by atoms with van der Waals surface area (Å²) < 4.78 is 0. The van der Waals surface area contributed by atoms with Gasteiger partial charge in [0.2, 0.25) is 5.91 Å². The van der Waals surface area contributed by atoms with Crippen molar-refractivity contribution in [3.8, 4) is 12.3 Å². The molecule has 0 aromatic rings. The summed E-state index contributed by atoms with van der Waals surface area (Å²) in [6, 6.07) is 0. The average Bonchev–Trinajstić information content (AvgIpc) is 2.15. The highest BCUT2D eigenvalue weighted by Gasteiger charge is 2.20. The molecule has 0 aromatic heterocycles. The van der Waals surface area contributed by atoms with Crippen molar-refractivity contribution >= 4 is 5.91 Å². The fraction of sp³-hybridized carbons (Fsp3) is 0.727. The highest BCUT2D eigenvalue weighted by molar-refractivity contribution is 5.78. The Balaban J connectivity index is 2.18. The van der Waals surface area contributed by atoms with Crippen LogP contribution in [0.5, 0.6) is 0 Å². The number of amides is 1. The molecule has 1 rings (SSSR count). The van der Waals surface area contributed by atoms with Gasteiger partial charge in [0.25, 0.3) is 0 Å². The summed E-state index contributed by atoms with van der Waals surface area (Å²) >= 11 is 0. The lowest BCUT2D eigenvalue weighted by Gasteiger charge is -2.25. The number of carbonyl (C=O) groups excluding carboxylic acids is 1. The van der Waals surface area contributed by atoms with E-state index in [2.05, 4.69) is 11.2 Å². The molecule has 14 heavy (non-hydrogen) atoms. The van der Waals surface area contributed by atoms with Crippen molar-refractivity contribution in [2.24, 2.45) is 5.92 Å². The number of hydrogen-bond donors (Lipinski definition) is 2. The Morgan fingerprint density at radius 3 is 3.00 bits per heavy atom. The molecule has 1 fully saturated rings. The van der Waals surface area contributed by atoms with Gasteiger partial charge in [0.05, 0.1) is 12.5 Å². The third-order valence-electron chi connectivity index (χ3n) is 2.61. The van der Waals surface area contributed by atoms with E-state index < -0.39 is 0 Å². The van der Waals surface area contributed by atoms with Crippen LogP contribution in [-0.2, 0) is 4.79 Å². The smallest absolute Gasteiger partial charge is 0.232 e. The van der Waals surface area contributed by atoms with Crippen LogP contribution in [0.15, 0.2) is 0 Å². The van der Waals surface area contributed by atoms with Crippen LogP contribution in [0.4, 0.5) is 0 Å². The van der Waals surface area contributed by atoms with Gasteiger partial charge in [-0.3, -0.25) is 4.79 Å². The minimum absolute atomic E-state index is 0.0902. The lowest BCUT2D eigenvalue weighted by Crippen LogP contribution is -2.32. The van der Waals surface area contributed by atoms with E-state index in [0.29, 0.717) is 12.5 Å². The second-order valence-corrected chi connectivity index (χ2v) is 3.87. The number of terminal acetylenes is 1. The zero-order chi connectivity index (χ0) is 10.4. The van der Waals surface area contributed by atoms with Crippen LogP contribution in [0, 0.1) is 18.3 Å². The molecule has 3 heteroatoms. The maximum absolute atomic E-state index is 11.1. The van der Waals surface area contributed by atoms with Gasteiger partial charge in [-0.2, -0.15) is 0 Å². The molecule has 78 valence electrons. The largest absolute Gasteiger partial charge is 0.393 e. The summed E-state index contributed by atoms with van der Waals surface area (Å²) in [5.41, 5.74) is 0. The maximum Gasteiger partial charge on any atom is 0.232 e. The Morgan fingerprint density at radius 2 is 2.36 bits per heavy atom. The fourth-order valence-corrected chi connectivity index (χ4v) is 1.86. The quantitative estimate of drug-likeness (QED) is 0.650. The van der Waals surface area contributed by atoms with Crippen molar-refractivity contribution in [1.29, 1.82) is 0 Å². The normalized spacial score (nSPS) is 26.6. The van der Waals surface area contributed by atoms with Crippen LogP contribution >= 0.6 is 0 Å². The van der Waals surface area contributed by atoms with Gasteiger partial charge in [0.15, 0.2) is 0 Å². The van der Waals surface area contributed by atoms with E-state index in [1.807, 2.05) is 0 Å². The van der Waals surface area contributed by atoms with E-state index in [-0.39, 0.29) is 18.4 Å². The van der Waals surface area contributed by atoms with E-state index in [0.717, 1.165) is 25.7 Å². The van der Waals surface area contributed by atoms with E-state index in [1.165, 1.54) is 0 Å². The summed E-state index contributed by atoms with van der Waals surface area (Å²) in [6.07, 6.45) is 8.82. The standard InChI is InChI=1S/C11H17NO2/c1-2-4-11(14)12-8-9-5-3-6-10(13)7-9/h1,9-10,13H,3-8H2,(H,12,14). The number of aliphatic hydroxyl groups is 1. The molecule has 1 aliphatic carbocycles. The highest BCUT2D eigenvalue weighted by atomic mass is 16.3. The van der Waals surface area contributed by atoms with Crippen LogP contribution in [0.25, 0.3) is 0 Å². The molecule has 0 saturated heterocycles. The lowest BCUT2D eigenvalue weighted by molar-refractivity contribution is -0.120. The molecular formula is C11H17NO2. The van der Waals surface area contributed by atoms with Gasteiger partial charge in [-0.25, -0.2) is 0 Å². The molecule has 3 nitrogen and oxygen atoms in total. The van der Waals surface area contributed by atoms with E-state index in [1.54, 1.807) is 0 Å². The Hall–Kier alpha value is -1.01. The SMILES string of the molecule is C#CCC(=O)NCC1CCCC(O)C1. The molecule has 2 atom stereocenters. The third kappa shape index (κ3) is 3.80. The minimum atomic E-state index is -0.182. The van der Waals surface area contributed by atoms with E-state index >= 15 is 0 Å². The Morgan fingerprint density at radius 1 is 1.57 bits per heavy atom. The summed E-state index contributed by atoms with van der Waals surface area (Å²) in [5.74, 6) is 2.63. The summed E-state index contributed by atoms with van der Waals surface area (Å²) in [5, 5.41) is 12.2. The molecule has 0 aliphatic heterocycles. The lowest BCUT2D eigenvalue weighted by atomic mass is 9.87.